The highest BCUT2D eigenvalue weighted by atomic mass is 19.4. The molecule has 4 rings (SSSR count). The molecule has 1 N–H and O–H groups in total. The Hall–Kier alpha value is -3.14. The van der Waals surface area contributed by atoms with Crippen LogP contribution in [-0.4, -0.2) is 53.7 Å². The first-order chi connectivity index (χ1) is 15.9. The first-order valence-corrected chi connectivity index (χ1v) is 10.9. The van der Waals surface area contributed by atoms with Crippen LogP contribution in [0.2, 0.25) is 0 Å². The maximum Gasteiger partial charge on any atom is 0.416 e. The van der Waals surface area contributed by atoms with Crippen molar-refractivity contribution in [3.05, 3.63) is 42.0 Å². The van der Waals surface area contributed by atoms with Crippen molar-refractivity contribution in [1.82, 2.24) is 20.3 Å². The lowest BCUT2D eigenvalue weighted by Crippen LogP contribution is -2.31. The van der Waals surface area contributed by atoms with Crippen molar-refractivity contribution < 1.29 is 22.6 Å². The second-order valence-electron chi connectivity index (χ2n) is 7.96. The maximum absolute atomic E-state index is 12.8. The van der Waals surface area contributed by atoms with Gasteiger partial charge in [-0.25, -0.2) is 0 Å². The monoisotopic (exact) mass is 461 g/mol. The average Bonchev–Trinajstić information content (AvgIpc) is 2.82. The molecule has 0 bridgehead atoms. The molecule has 3 aromatic rings. The molecule has 0 saturated carbocycles. The Bertz CT molecular complexity index is 1070. The van der Waals surface area contributed by atoms with Crippen LogP contribution in [0.3, 0.4) is 0 Å². The molecule has 0 amide bonds. The first-order valence-electron chi connectivity index (χ1n) is 10.9. The molecule has 0 aliphatic carbocycles. The topological polar surface area (TPSA) is 72.4 Å². The number of halogens is 3. The summed E-state index contributed by atoms with van der Waals surface area (Å²) in [4.78, 5) is 2.46. The van der Waals surface area contributed by atoms with Gasteiger partial charge in [0.1, 0.15) is 5.52 Å². The normalized spacial score (nSPS) is 14.9. The fraction of sp³-hybridized carbons (Fsp3) is 0.435. The van der Waals surface area contributed by atoms with Crippen LogP contribution >= 0.6 is 0 Å². The van der Waals surface area contributed by atoms with Crippen LogP contribution in [-0.2, 0) is 6.18 Å². The van der Waals surface area contributed by atoms with E-state index in [0.29, 0.717) is 40.5 Å². The number of piperidine rings is 1. The Kier molecular flexibility index (Phi) is 7.12. The Balaban J connectivity index is 1.47. The number of alkyl halides is 3. The van der Waals surface area contributed by atoms with Gasteiger partial charge in [-0.3, -0.25) is 0 Å². The lowest BCUT2D eigenvalue weighted by atomic mass is 10.1. The van der Waals surface area contributed by atoms with Crippen LogP contribution in [0.5, 0.6) is 11.5 Å². The van der Waals surface area contributed by atoms with E-state index < -0.39 is 11.7 Å². The summed E-state index contributed by atoms with van der Waals surface area (Å²) in [6, 6.07) is 8.18. The lowest BCUT2D eigenvalue weighted by Gasteiger charge is -2.26. The van der Waals surface area contributed by atoms with E-state index in [1.54, 1.807) is 19.2 Å². The number of anilines is 2. The quantitative estimate of drug-likeness (QED) is 0.471. The summed E-state index contributed by atoms with van der Waals surface area (Å²) in [6.07, 6.45) is 0.347. The van der Waals surface area contributed by atoms with E-state index in [4.69, 9.17) is 9.47 Å². The van der Waals surface area contributed by atoms with Gasteiger partial charge < -0.3 is 19.7 Å². The zero-order valence-corrected chi connectivity index (χ0v) is 18.4. The zero-order valence-electron chi connectivity index (χ0n) is 18.4. The fourth-order valence-electron chi connectivity index (χ4n) is 3.89. The number of fused-ring (bicyclic) bond motifs is 1. The predicted octanol–water partition coefficient (Wildman–Crippen LogP) is 5.05. The molecule has 2 aromatic carbocycles. The number of hydrogen-bond donors (Lipinski definition) is 1. The molecule has 1 fully saturated rings. The molecule has 1 saturated heterocycles. The number of likely N-dealkylation sites (tertiary alicyclic amines) is 1. The van der Waals surface area contributed by atoms with Crippen LogP contribution in [0.15, 0.2) is 36.4 Å². The van der Waals surface area contributed by atoms with E-state index in [1.807, 2.05) is 0 Å². The Labute approximate surface area is 189 Å². The number of nitrogens with zero attached hydrogens (tertiary/aromatic N) is 4. The maximum atomic E-state index is 12.8. The summed E-state index contributed by atoms with van der Waals surface area (Å²) in [5.74, 6) is 1.44. The standard InChI is InChI=1S/C23H26F3N5O2/c1-32-20-14-18-19(15-21(20)33-13-5-12-31-10-3-2-4-11-31)28-30-29-22(18)27-17-8-6-16(7-9-17)23(24,25)26/h6-9,14-15H,2-5,10-13H2,1H3,(H,27,28,29). The minimum Gasteiger partial charge on any atom is -0.493 e. The minimum atomic E-state index is -4.39. The smallest absolute Gasteiger partial charge is 0.416 e. The van der Waals surface area contributed by atoms with Crippen molar-refractivity contribution in [1.29, 1.82) is 0 Å². The Morgan fingerprint density at radius 1 is 1.00 bits per heavy atom. The second-order valence-corrected chi connectivity index (χ2v) is 7.96. The number of benzene rings is 2. The molecule has 1 aliphatic heterocycles. The molecule has 0 spiro atoms. The molecule has 0 atom stereocenters. The molecular weight excluding hydrogens is 435 g/mol. The highest BCUT2D eigenvalue weighted by molar-refractivity contribution is 5.92. The van der Waals surface area contributed by atoms with Crippen molar-refractivity contribution in [2.45, 2.75) is 31.9 Å². The predicted molar refractivity (Wildman–Crippen MR) is 119 cm³/mol. The van der Waals surface area contributed by atoms with Gasteiger partial charge in [-0.15, -0.1) is 10.2 Å². The van der Waals surface area contributed by atoms with Crippen LogP contribution in [0.4, 0.5) is 24.7 Å². The second kappa shape index (κ2) is 10.2. The number of nitrogens with one attached hydrogen (secondary N) is 1. The molecule has 10 heteroatoms. The summed E-state index contributed by atoms with van der Waals surface area (Å²) in [7, 11) is 1.55. The molecule has 1 aliphatic rings. The van der Waals surface area contributed by atoms with Crippen molar-refractivity contribution in [3.63, 3.8) is 0 Å². The summed E-state index contributed by atoms with van der Waals surface area (Å²) in [5.41, 5.74) is 0.260. The fourth-order valence-corrected chi connectivity index (χ4v) is 3.89. The molecule has 1 aromatic heterocycles. The SMILES string of the molecule is COc1cc2c(Nc3ccc(C(F)(F)F)cc3)nnnc2cc1OCCCN1CCCCC1. The minimum absolute atomic E-state index is 0.356. The van der Waals surface area contributed by atoms with E-state index in [1.165, 1.54) is 31.4 Å². The average molecular weight is 461 g/mol. The number of methoxy groups -OCH3 is 1. The van der Waals surface area contributed by atoms with Crippen LogP contribution in [0.1, 0.15) is 31.2 Å². The summed E-state index contributed by atoms with van der Waals surface area (Å²) >= 11 is 0. The van der Waals surface area contributed by atoms with Gasteiger partial charge in [0.2, 0.25) is 0 Å². The molecule has 176 valence electrons. The summed E-state index contributed by atoms with van der Waals surface area (Å²) in [5, 5.41) is 15.5. The molecular formula is C23H26F3N5O2. The Morgan fingerprint density at radius 2 is 1.76 bits per heavy atom. The van der Waals surface area contributed by atoms with Gasteiger partial charge in [0.15, 0.2) is 17.3 Å². The third-order valence-electron chi connectivity index (χ3n) is 5.63. The number of aromatic nitrogens is 3. The summed E-state index contributed by atoms with van der Waals surface area (Å²) < 4.78 is 49.9. The van der Waals surface area contributed by atoms with E-state index in [0.717, 1.165) is 38.2 Å². The van der Waals surface area contributed by atoms with Gasteiger partial charge >= 0.3 is 6.18 Å². The van der Waals surface area contributed by atoms with E-state index >= 15 is 0 Å². The van der Waals surface area contributed by atoms with Gasteiger partial charge in [-0.2, -0.15) is 13.2 Å². The van der Waals surface area contributed by atoms with Gasteiger partial charge in [-0.05, 0) is 67.9 Å². The van der Waals surface area contributed by atoms with Gasteiger partial charge in [-0.1, -0.05) is 6.42 Å². The lowest BCUT2D eigenvalue weighted by molar-refractivity contribution is -0.137. The molecule has 33 heavy (non-hydrogen) atoms. The van der Waals surface area contributed by atoms with Crippen LogP contribution in [0, 0.1) is 0 Å². The third kappa shape index (κ3) is 5.81. The van der Waals surface area contributed by atoms with Gasteiger partial charge in [0, 0.05) is 18.3 Å². The van der Waals surface area contributed by atoms with E-state index in [2.05, 4.69) is 25.6 Å². The molecule has 2 heterocycles. The van der Waals surface area contributed by atoms with Gasteiger partial charge in [0.25, 0.3) is 0 Å². The van der Waals surface area contributed by atoms with Crippen molar-refractivity contribution in [3.8, 4) is 11.5 Å². The van der Waals surface area contributed by atoms with E-state index in [-0.39, 0.29) is 0 Å². The largest absolute Gasteiger partial charge is 0.493 e. The Morgan fingerprint density at radius 3 is 2.45 bits per heavy atom. The third-order valence-corrected chi connectivity index (χ3v) is 5.63. The number of hydrogen-bond acceptors (Lipinski definition) is 7. The molecule has 0 unspecified atom stereocenters. The first kappa shape index (κ1) is 23.0. The van der Waals surface area contributed by atoms with E-state index in [9.17, 15) is 13.2 Å². The highest BCUT2D eigenvalue weighted by Gasteiger charge is 2.30. The number of rotatable bonds is 8. The number of ether oxygens (including phenoxy) is 2. The zero-order chi connectivity index (χ0) is 23.3. The van der Waals surface area contributed by atoms with Crippen molar-refractivity contribution >= 4 is 22.4 Å². The molecule has 0 radical (unpaired) electrons. The van der Waals surface area contributed by atoms with Gasteiger partial charge in [0.05, 0.1) is 24.7 Å². The summed E-state index contributed by atoms with van der Waals surface area (Å²) in [6.45, 7) is 3.85. The molecule has 7 nitrogen and oxygen atoms in total. The van der Waals surface area contributed by atoms with Crippen LogP contribution in [0.25, 0.3) is 10.9 Å². The van der Waals surface area contributed by atoms with Crippen molar-refractivity contribution in [2.24, 2.45) is 0 Å². The van der Waals surface area contributed by atoms with Crippen LogP contribution < -0.4 is 14.8 Å². The highest BCUT2D eigenvalue weighted by Crippen LogP contribution is 2.35. The van der Waals surface area contributed by atoms with Crippen molar-refractivity contribution in [2.75, 3.05) is 38.7 Å².